The summed E-state index contributed by atoms with van der Waals surface area (Å²) < 4.78 is 0. The Kier molecular flexibility index (Phi) is 3.93. The summed E-state index contributed by atoms with van der Waals surface area (Å²) in [4.78, 5) is 18.0. The van der Waals surface area contributed by atoms with E-state index in [0.29, 0.717) is 12.2 Å². The number of carbonyl (C=O) groups excluding carboxylic acids is 1. The first-order valence-corrected chi connectivity index (χ1v) is 6.01. The lowest BCUT2D eigenvalue weighted by Gasteiger charge is -2.29. The van der Waals surface area contributed by atoms with Gasteiger partial charge in [0.15, 0.2) is 0 Å². The lowest BCUT2D eigenvalue weighted by Crippen LogP contribution is -2.43. The summed E-state index contributed by atoms with van der Waals surface area (Å²) in [6.07, 6.45) is 1.77. The first-order valence-electron chi connectivity index (χ1n) is 6.01. The second-order valence-electron chi connectivity index (χ2n) is 4.00. The van der Waals surface area contributed by atoms with Crippen molar-refractivity contribution in [3.63, 3.8) is 0 Å². The van der Waals surface area contributed by atoms with Gasteiger partial charge in [-0.05, 0) is 19.1 Å². The van der Waals surface area contributed by atoms with Gasteiger partial charge >= 0.3 is 0 Å². The van der Waals surface area contributed by atoms with Gasteiger partial charge in [0.05, 0.1) is 11.9 Å². The van der Waals surface area contributed by atoms with E-state index in [1.165, 1.54) is 0 Å². The number of hydrogen-bond donors (Lipinski definition) is 2. The van der Waals surface area contributed by atoms with Crippen LogP contribution in [-0.2, 0) is 0 Å². The van der Waals surface area contributed by atoms with Crippen molar-refractivity contribution < 1.29 is 4.79 Å². The third-order valence-corrected chi connectivity index (χ3v) is 2.80. The van der Waals surface area contributed by atoms with E-state index in [1.54, 1.807) is 12.3 Å². The molecule has 0 bridgehead atoms. The highest BCUT2D eigenvalue weighted by Crippen LogP contribution is 2.13. The minimum absolute atomic E-state index is 0.112. The molecule has 17 heavy (non-hydrogen) atoms. The highest BCUT2D eigenvalue weighted by Gasteiger charge is 2.11. The Morgan fingerprint density at radius 3 is 2.82 bits per heavy atom. The largest absolute Gasteiger partial charge is 0.368 e. The third-order valence-electron chi connectivity index (χ3n) is 2.80. The SMILES string of the molecule is CCNC(=O)c1ccc(N2CCNCC2)cn1. The molecule has 0 spiro atoms. The smallest absolute Gasteiger partial charge is 0.269 e. The van der Waals surface area contributed by atoms with Gasteiger partial charge in [0.25, 0.3) is 5.91 Å². The van der Waals surface area contributed by atoms with Crippen molar-refractivity contribution in [3.05, 3.63) is 24.0 Å². The molecule has 0 atom stereocenters. The van der Waals surface area contributed by atoms with Crippen LogP contribution >= 0.6 is 0 Å². The summed E-state index contributed by atoms with van der Waals surface area (Å²) in [5.41, 5.74) is 1.56. The van der Waals surface area contributed by atoms with Crippen molar-refractivity contribution in [2.75, 3.05) is 37.6 Å². The van der Waals surface area contributed by atoms with E-state index in [1.807, 2.05) is 13.0 Å². The van der Waals surface area contributed by atoms with E-state index in [0.717, 1.165) is 31.9 Å². The van der Waals surface area contributed by atoms with Crippen molar-refractivity contribution in [1.29, 1.82) is 0 Å². The number of hydrogen-bond acceptors (Lipinski definition) is 4. The molecular formula is C12H18N4O. The van der Waals surface area contributed by atoms with Crippen LogP contribution in [0.25, 0.3) is 0 Å². The van der Waals surface area contributed by atoms with Crippen molar-refractivity contribution in [1.82, 2.24) is 15.6 Å². The van der Waals surface area contributed by atoms with Gasteiger partial charge in [0.1, 0.15) is 5.69 Å². The lowest BCUT2D eigenvalue weighted by molar-refractivity contribution is 0.0951. The monoisotopic (exact) mass is 234 g/mol. The molecule has 0 saturated carbocycles. The number of aromatic nitrogens is 1. The normalized spacial score (nSPS) is 15.7. The Hall–Kier alpha value is -1.62. The average molecular weight is 234 g/mol. The standard InChI is InChI=1S/C12H18N4O/c1-2-14-12(17)11-4-3-10(9-15-11)16-7-5-13-6-8-16/h3-4,9,13H,2,5-8H2,1H3,(H,14,17). The maximum atomic E-state index is 11.5. The van der Waals surface area contributed by atoms with Crippen LogP contribution in [0.1, 0.15) is 17.4 Å². The fraction of sp³-hybridized carbons (Fsp3) is 0.500. The van der Waals surface area contributed by atoms with Crippen molar-refractivity contribution in [2.24, 2.45) is 0 Å². The molecule has 0 aromatic carbocycles. The molecule has 92 valence electrons. The first-order chi connectivity index (χ1) is 8.31. The fourth-order valence-electron chi connectivity index (χ4n) is 1.88. The van der Waals surface area contributed by atoms with Gasteiger partial charge < -0.3 is 15.5 Å². The molecule has 5 nitrogen and oxygen atoms in total. The summed E-state index contributed by atoms with van der Waals surface area (Å²) in [5.74, 6) is -0.112. The Morgan fingerprint density at radius 1 is 1.47 bits per heavy atom. The zero-order valence-electron chi connectivity index (χ0n) is 10.1. The van der Waals surface area contributed by atoms with Crippen LogP contribution in [0.4, 0.5) is 5.69 Å². The molecule has 1 saturated heterocycles. The zero-order valence-corrected chi connectivity index (χ0v) is 10.1. The zero-order chi connectivity index (χ0) is 12.1. The maximum Gasteiger partial charge on any atom is 0.269 e. The number of pyridine rings is 1. The summed E-state index contributed by atoms with van der Waals surface area (Å²) in [7, 11) is 0. The Morgan fingerprint density at radius 2 is 2.24 bits per heavy atom. The van der Waals surface area contributed by atoms with E-state index in [-0.39, 0.29) is 5.91 Å². The molecule has 1 aliphatic heterocycles. The highest BCUT2D eigenvalue weighted by molar-refractivity contribution is 5.92. The minimum atomic E-state index is -0.112. The summed E-state index contributed by atoms with van der Waals surface area (Å²) in [6.45, 7) is 6.49. The molecule has 0 unspecified atom stereocenters. The molecule has 1 aliphatic rings. The number of nitrogens with zero attached hydrogens (tertiary/aromatic N) is 2. The Labute approximate surface area is 101 Å². The molecule has 1 fully saturated rings. The molecule has 0 radical (unpaired) electrons. The lowest BCUT2D eigenvalue weighted by atomic mass is 10.2. The number of piperazine rings is 1. The van der Waals surface area contributed by atoms with Crippen LogP contribution in [0.2, 0.25) is 0 Å². The predicted octanol–water partition coefficient (Wildman–Crippen LogP) is 0.241. The molecule has 0 aliphatic carbocycles. The summed E-state index contributed by atoms with van der Waals surface area (Å²) in [6, 6.07) is 3.74. The fourth-order valence-corrected chi connectivity index (χ4v) is 1.88. The van der Waals surface area contributed by atoms with Gasteiger partial charge in [0.2, 0.25) is 0 Å². The van der Waals surface area contributed by atoms with Gasteiger partial charge in [-0.1, -0.05) is 0 Å². The highest BCUT2D eigenvalue weighted by atomic mass is 16.1. The van der Waals surface area contributed by atoms with Gasteiger partial charge in [-0.25, -0.2) is 4.98 Å². The van der Waals surface area contributed by atoms with Gasteiger partial charge in [-0.15, -0.1) is 0 Å². The second-order valence-corrected chi connectivity index (χ2v) is 4.00. The van der Waals surface area contributed by atoms with Crippen molar-refractivity contribution >= 4 is 11.6 Å². The van der Waals surface area contributed by atoms with Crippen LogP contribution in [0.5, 0.6) is 0 Å². The van der Waals surface area contributed by atoms with E-state index < -0.39 is 0 Å². The van der Waals surface area contributed by atoms with Crippen LogP contribution < -0.4 is 15.5 Å². The quantitative estimate of drug-likeness (QED) is 0.786. The maximum absolute atomic E-state index is 11.5. The molecule has 2 N–H and O–H groups in total. The van der Waals surface area contributed by atoms with Crippen LogP contribution in [-0.4, -0.2) is 43.6 Å². The second kappa shape index (κ2) is 5.63. The van der Waals surface area contributed by atoms with E-state index in [9.17, 15) is 4.79 Å². The average Bonchev–Trinajstić information content (AvgIpc) is 2.40. The number of anilines is 1. The molecule has 1 aromatic rings. The van der Waals surface area contributed by atoms with Gasteiger partial charge in [-0.3, -0.25) is 4.79 Å². The molecule has 2 heterocycles. The third kappa shape index (κ3) is 2.94. The van der Waals surface area contributed by atoms with Gasteiger partial charge in [-0.2, -0.15) is 0 Å². The number of rotatable bonds is 3. The number of amides is 1. The van der Waals surface area contributed by atoms with Crippen LogP contribution in [0.3, 0.4) is 0 Å². The van der Waals surface area contributed by atoms with Crippen LogP contribution in [0.15, 0.2) is 18.3 Å². The summed E-state index contributed by atoms with van der Waals surface area (Å²) >= 11 is 0. The predicted molar refractivity (Wildman–Crippen MR) is 67.3 cm³/mol. The Bertz CT molecular complexity index is 371. The van der Waals surface area contributed by atoms with Crippen LogP contribution in [0, 0.1) is 0 Å². The molecule has 5 heteroatoms. The van der Waals surface area contributed by atoms with Crippen molar-refractivity contribution in [3.8, 4) is 0 Å². The Balaban J connectivity index is 2.04. The first kappa shape index (κ1) is 11.9. The van der Waals surface area contributed by atoms with Gasteiger partial charge in [0, 0.05) is 32.7 Å². The molecule has 1 amide bonds. The number of carbonyl (C=O) groups is 1. The molecule has 1 aromatic heterocycles. The van der Waals surface area contributed by atoms with E-state index >= 15 is 0 Å². The summed E-state index contributed by atoms with van der Waals surface area (Å²) in [5, 5.41) is 6.04. The number of nitrogens with one attached hydrogen (secondary N) is 2. The van der Waals surface area contributed by atoms with Crippen molar-refractivity contribution in [2.45, 2.75) is 6.92 Å². The minimum Gasteiger partial charge on any atom is -0.368 e. The molecular weight excluding hydrogens is 216 g/mol. The van der Waals surface area contributed by atoms with E-state index in [4.69, 9.17) is 0 Å². The topological polar surface area (TPSA) is 57.3 Å². The van der Waals surface area contributed by atoms with E-state index in [2.05, 4.69) is 20.5 Å². The molecule has 2 rings (SSSR count).